The average Bonchev–Trinajstić information content (AvgIpc) is 2.46. The first kappa shape index (κ1) is 21.5. The molecule has 0 fully saturated rings. The first-order valence-corrected chi connectivity index (χ1v) is 8.63. The third-order valence-corrected chi connectivity index (χ3v) is 3.38. The van der Waals surface area contributed by atoms with Gasteiger partial charge in [-0.3, -0.25) is 0 Å². The Hall–Kier alpha value is -1.47. The van der Waals surface area contributed by atoms with Gasteiger partial charge in [0, 0.05) is 25.0 Å². The Labute approximate surface area is 135 Å². The lowest BCUT2D eigenvalue weighted by Gasteiger charge is -2.23. The van der Waals surface area contributed by atoms with Gasteiger partial charge in [0.05, 0.1) is 0 Å². The van der Waals surface area contributed by atoms with Gasteiger partial charge in [-0.15, -0.1) is 0 Å². The number of rotatable bonds is 12. The summed E-state index contributed by atoms with van der Waals surface area (Å²) in [7, 11) is -4.62. The van der Waals surface area contributed by atoms with Gasteiger partial charge in [0.25, 0.3) is 0 Å². The minimum Gasteiger partial charge on any atom is -0.432 e. The van der Waals surface area contributed by atoms with Crippen LogP contribution in [0.1, 0.15) is 39.5 Å². The fraction of sp³-hybridized carbons (Fsp3) is 0.571. The molecular weight excluding hydrogens is 327 g/mol. The molecule has 132 valence electrons. The van der Waals surface area contributed by atoms with Crippen molar-refractivity contribution in [3.63, 3.8) is 0 Å². The van der Waals surface area contributed by atoms with Crippen LogP contribution in [0.4, 0.5) is 0 Å². The molecule has 0 aromatic carbocycles. The van der Waals surface area contributed by atoms with Crippen molar-refractivity contribution in [2.45, 2.75) is 52.1 Å². The van der Waals surface area contributed by atoms with E-state index in [-0.39, 0.29) is 12.8 Å². The first-order valence-electron chi connectivity index (χ1n) is 7.13. The van der Waals surface area contributed by atoms with Gasteiger partial charge in [-0.1, -0.05) is 39.8 Å². The van der Waals surface area contributed by atoms with Crippen LogP contribution in [0.5, 0.6) is 0 Å². The number of phosphoric acid groups is 1. The van der Waals surface area contributed by atoms with Crippen molar-refractivity contribution < 1.29 is 37.6 Å². The lowest BCUT2D eigenvalue weighted by Crippen LogP contribution is -2.23. The van der Waals surface area contributed by atoms with E-state index in [0.29, 0.717) is 12.8 Å². The Morgan fingerprint density at radius 1 is 1.00 bits per heavy atom. The van der Waals surface area contributed by atoms with Crippen molar-refractivity contribution in [3.8, 4) is 0 Å². The quantitative estimate of drug-likeness (QED) is 0.248. The zero-order valence-corrected chi connectivity index (χ0v) is 14.2. The number of ether oxygens (including phenoxy) is 2. The van der Waals surface area contributed by atoms with E-state index in [9.17, 15) is 19.0 Å². The number of hydrogen-bond acceptors (Lipinski definition) is 7. The molecule has 0 radical (unpaired) electrons. The normalized spacial score (nSPS) is 15.8. The molecule has 2 unspecified atom stereocenters. The SMILES string of the molecule is C=CC(=O)OC(CCC)OP(=O)(O)OC(CCC)OC(=O)C=C. The van der Waals surface area contributed by atoms with Crippen LogP contribution in [0.15, 0.2) is 25.3 Å². The number of esters is 2. The van der Waals surface area contributed by atoms with Crippen molar-refractivity contribution in [2.75, 3.05) is 0 Å². The Morgan fingerprint density at radius 3 is 1.61 bits per heavy atom. The lowest BCUT2D eigenvalue weighted by atomic mass is 10.3. The van der Waals surface area contributed by atoms with E-state index in [1.54, 1.807) is 13.8 Å². The summed E-state index contributed by atoms with van der Waals surface area (Å²) in [6, 6.07) is 0. The molecule has 0 aliphatic heterocycles. The Bertz CT molecular complexity index is 424. The summed E-state index contributed by atoms with van der Waals surface area (Å²) >= 11 is 0. The van der Waals surface area contributed by atoms with Crippen LogP contribution in [-0.2, 0) is 32.7 Å². The fourth-order valence-corrected chi connectivity index (χ4v) is 2.36. The van der Waals surface area contributed by atoms with Gasteiger partial charge < -0.3 is 14.4 Å². The van der Waals surface area contributed by atoms with Crippen LogP contribution in [-0.4, -0.2) is 29.4 Å². The van der Waals surface area contributed by atoms with Gasteiger partial charge in [-0.25, -0.2) is 23.2 Å². The molecular formula is C14H23O8P. The van der Waals surface area contributed by atoms with Crippen LogP contribution in [0.25, 0.3) is 0 Å². The van der Waals surface area contributed by atoms with Crippen LogP contribution in [0.3, 0.4) is 0 Å². The van der Waals surface area contributed by atoms with Crippen molar-refractivity contribution in [1.82, 2.24) is 0 Å². The van der Waals surface area contributed by atoms with E-state index in [4.69, 9.17) is 18.5 Å². The van der Waals surface area contributed by atoms with Crippen LogP contribution in [0.2, 0.25) is 0 Å². The topological polar surface area (TPSA) is 108 Å². The molecule has 0 saturated carbocycles. The van der Waals surface area contributed by atoms with E-state index < -0.39 is 32.3 Å². The predicted octanol–water partition coefficient (Wildman–Crippen LogP) is 2.83. The number of carbonyl (C=O) groups excluding carboxylic acids is 2. The highest BCUT2D eigenvalue weighted by Crippen LogP contribution is 2.47. The Balaban J connectivity index is 4.85. The summed E-state index contributed by atoms with van der Waals surface area (Å²) in [6.07, 6.45) is 0.661. The molecule has 0 spiro atoms. The van der Waals surface area contributed by atoms with E-state index in [1.165, 1.54) is 0 Å². The summed E-state index contributed by atoms with van der Waals surface area (Å²) in [6.45, 7) is 9.99. The Morgan fingerprint density at radius 2 is 1.35 bits per heavy atom. The zero-order valence-electron chi connectivity index (χ0n) is 13.3. The molecule has 0 heterocycles. The molecule has 0 saturated heterocycles. The second-order valence-corrected chi connectivity index (χ2v) is 5.76. The molecule has 0 aliphatic carbocycles. The Kier molecular flexibility index (Phi) is 10.4. The second-order valence-electron chi connectivity index (χ2n) is 4.40. The maximum atomic E-state index is 12.0. The molecule has 23 heavy (non-hydrogen) atoms. The summed E-state index contributed by atoms with van der Waals surface area (Å²) < 4.78 is 31.3. The van der Waals surface area contributed by atoms with Crippen molar-refractivity contribution in [3.05, 3.63) is 25.3 Å². The second kappa shape index (κ2) is 11.1. The lowest BCUT2D eigenvalue weighted by molar-refractivity contribution is -0.168. The van der Waals surface area contributed by atoms with Gasteiger partial charge in [-0.05, 0) is 0 Å². The van der Waals surface area contributed by atoms with Crippen LogP contribution in [0, 0.1) is 0 Å². The smallest absolute Gasteiger partial charge is 0.432 e. The first-order chi connectivity index (χ1) is 10.8. The highest BCUT2D eigenvalue weighted by Gasteiger charge is 2.32. The molecule has 1 N–H and O–H groups in total. The molecule has 0 aromatic rings. The molecule has 9 heteroatoms. The zero-order chi connectivity index (χ0) is 17.9. The van der Waals surface area contributed by atoms with Crippen molar-refractivity contribution in [1.29, 1.82) is 0 Å². The molecule has 0 aliphatic rings. The van der Waals surface area contributed by atoms with Gasteiger partial charge in [-0.2, -0.15) is 0 Å². The monoisotopic (exact) mass is 350 g/mol. The van der Waals surface area contributed by atoms with Gasteiger partial charge >= 0.3 is 19.8 Å². The third kappa shape index (κ3) is 10.0. The summed E-state index contributed by atoms with van der Waals surface area (Å²) in [5, 5.41) is 0. The highest BCUT2D eigenvalue weighted by molar-refractivity contribution is 7.47. The number of hydrogen-bond donors (Lipinski definition) is 1. The van der Waals surface area contributed by atoms with E-state index in [1.807, 2.05) is 0 Å². The number of phosphoric ester groups is 1. The summed E-state index contributed by atoms with van der Waals surface area (Å²) in [4.78, 5) is 32.1. The van der Waals surface area contributed by atoms with Crippen LogP contribution >= 0.6 is 7.82 Å². The van der Waals surface area contributed by atoms with Crippen molar-refractivity contribution >= 4 is 19.8 Å². The fourth-order valence-electron chi connectivity index (χ4n) is 1.42. The summed E-state index contributed by atoms with van der Waals surface area (Å²) in [5.74, 6) is -1.60. The van der Waals surface area contributed by atoms with Gasteiger partial charge in [0.1, 0.15) is 0 Å². The predicted molar refractivity (Wildman–Crippen MR) is 82.0 cm³/mol. The maximum absolute atomic E-state index is 12.0. The molecule has 0 rings (SSSR count). The minimum absolute atomic E-state index is 0.179. The average molecular weight is 350 g/mol. The maximum Gasteiger partial charge on any atom is 0.478 e. The van der Waals surface area contributed by atoms with Gasteiger partial charge in [0.2, 0.25) is 12.6 Å². The summed E-state index contributed by atoms with van der Waals surface area (Å²) in [5.41, 5.74) is 0. The molecule has 0 amide bonds. The molecule has 0 bridgehead atoms. The molecule has 8 nitrogen and oxygen atoms in total. The van der Waals surface area contributed by atoms with Crippen molar-refractivity contribution in [2.24, 2.45) is 0 Å². The number of carbonyl (C=O) groups is 2. The van der Waals surface area contributed by atoms with E-state index in [2.05, 4.69) is 13.2 Å². The van der Waals surface area contributed by atoms with E-state index in [0.717, 1.165) is 12.2 Å². The third-order valence-electron chi connectivity index (χ3n) is 2.38. The molecule has 0 aromatic heterocycles. The highest BCUT2D eigenvalue weighted by atomic mass is 31.2. The van der Waals surface area contributed by atoms with E-state index >= 15 is 0 Å². The molecule has 2 atom stereocenters. The standard InChI is InChI=1S/C14H23O8P/c1-5-9-13(19-11(15)7-3)21-23(17,18)22-14(10-6-2)20-12(16)8-4/h7-8,13-14H,3-6,9-10H2,1-2H3,(H,17,18). The van der Waals surface area contributed by atoms with Gasteiger partial charge in [0.15, 0.2) is 0 Å². The largest absolute Gasteiger partial charge is 0.478 e. The minimum atomic E-state index is -4.62. The van der Waals surface area contributed by atoms with Crippen LogP contribution < -0.4 is 0 Å².